The van der Waals surface area contributed by atoms with Gasteiger partial charge >= 0.3 is 0 Å². The third kappa shape index (κ3) is 2.88. The number of aryl methyl sites for hydroxylation is 1. The highest BCUT2D eigenvalue weighted by Gasteiger charge is 2.22. The molecule has 0 bridgehead atoms. The molecule has 0 spiro atoms. The highest BCUT2D eigenvalue weighted by Crippen LogP contribution is 2.34. The smallest absolute Gasteiger partial charge is 0.182 e. The number of aromatic amines is 1. The van der Waals surface area contributed by atoms with E-state index >= 15 is 0 Å². The summed E-state index contributed by atoms with van der Waals surface area (Å²) in [6, 6.07) is 4.20. The summed E-state index contributed by atoms with van der Waals surface area (Å²) in [6.45, 7) is 8.60. The van der Waals surface area contributed by atoms with Gasteiger partial charge in [-0.2, -0.15) is 0 Å². The summed E-state index contributed by atoms with van der Waals surface area (Å²) in [6.07, 6.45) is 1.99. The Morgan fingerprint density at radius 2 is 1.68 bits per heavy atom. The van der Waals surface area contributed by atoms with Gasteiger partial charge in [-0.25, -0.2) is 0 Å². The van der Waals surface area contributed by atoms with Gasteiger partial charge in [0.1, 0.15) is 0 Å². The molecule has 0 aliphatic heterocycles. The minimum atomic E-state index is 0.0112. The Morgan fingerprint density at radius 1 is 1.16 bits per heavy atom. The lowest BCUT2D eigenvalue weighted by Gasteiger charge is -2.22. The molecule has 1 N–H and O–H groups in total. The predicted molar refractivity (Wildman–Crippen MR) is 89.8 cm³/mol. The Kier molecular flexibility index (Phi) is 4.10. The zero-order valence-corrected chi connectivity index (χ0v) is 15.3. The molecule has 19 heavy (non-hydrogen) atoms. The summed E-state index contributed by atoms with van der Waals surface area (Å²) in [5.41, 5.74) is 3.41. The van der Waals surface area contributed by atoms with Crippen LogP contribution in [-0.2, 0) is 5.41 Å². The molecule has 0 aliphatic carbocycles. The van der Waals surface area contributed by atoms with Crippen molar-refractivity contribution in [3.05, 3.63) is 43.3 Å². The number of H-pyrrole nitrogens is 1. The molecule has 5 heteroatoms. The van der Waals surface area contributed by atoms with E-state index < -0.39 is 0 Å². The van der Waals surface area contributed by atoms with Gasteiger partial charge in [-0.1, -0.05) is 20.8 Å². The van der Waals surface area contributed by atoms with E-state index in [-0.39, 0.29) is 5.41 Å². The maximum Gasteiger partial charge on any atom is 0.182 e. The van der Waals surface area contributed by atoms with Gasteiger partial charge in [0.25, 0.3) is 0 Å². The normalized spacial score (nSPS) is 11.9. The van der Waals surface area contributed by atoms with E-state index in [9.17, 15) is 0 Å². The standard InChI is InChI=1S/C14H16Br2N2S/c1-8-5-9(15)12(10(16)6-8)18-11(14(2,3)4)7-17-13(18)19/h5-7H,1-4H3,(H,17,19). The molecule has 1 aromatic carbocycles. The summed E-state index contributed by atoms with van der Waals surface area (Å²) in [4.78, 5) is 3.15. The first-order chi connectivity index (χ1) is 8.71. The average Bonchev–Trinajstić information content (AvgIpc) is 2.59. The Morgan fingerprint density at radius 3 is 2.16 bits per heavy atom. The van der Waals surface area contributed by atoms with Gasteiger partial charge in [0.15, 0.2) is 4.77 Å². The minimum absolute atomic E-state index is 0.0112. The lowest BCUT2D eigenvalue weighted by Crippen LogP contribution is -2.17. The van der Waals surface area contributed by atoms with Gasteiger partial charge in [-0.3, -0.25) is 4.57 Å². The van der Waals surface area contributed by atoms with E-state index in [1.54, 1.807) is 0 Å². The monoisotopic (exact) mass is 402 g/mol. The number of aromatic nitrogens is 2. The van der Waals surface area contributed by atoms with Crippen LogP contribution in [0.15, 0.2) is 27.3 Å². The molecule has 1 heterocycles. The van der Waals surface area contributed by atoms with Crippen LogP contribution in [0, 0.1) is 11.7 Å². The van der Waals surface area contributed by atoms with Gasteiger partial charge in [0, 0.05) is 26.3 Å². The average molecular weight is 404 g/mol. The summed E-state index contributed by atoms with van der Waals surface area (Å²) in [5.74, 6) is 0. The van der Waals surface area contributed by atoms with Crippen LogP contribution < -0.4 is 0 Å². The van der Waals surface area contributed by atoms with Gasteiger partial charge in [0.05, 0.1) is 5.69 Å². The number of rotatable bonds is 1. The molecule has 2 rings (SSSR count). The van der Waals surface area contributed by atoms with Crippen LogP contribution in [0.3, 0.4) is 0 Å². The fraction of sp³-hybridized carbons (Fsp3) is 0.357. The van der Waals surface area contributed by atoms with Gasteiger partial charge in [0.2, 0.25) is 0 Å². The van der Waals surface area contributed by atoms with Crippen LogP contribution in [0.25, 0.3) is 5.69 Å². The first kappa shape index (κ1) is 15.0. The van der Waals surface area contributed by atoms with Gasteiger partial charge in [-0.15, -0.1) is 0 Å². The molecule has 2 nitrogen and oxygen atoms in total. The zero-order valence-electron chi connectivity index (χ0n) is 11.3. The Bertz CT molecular complexity index is 654. The highest BCUT2D eigenvalue weighted by molar-refractivity contribution is 9.11. The Labute approximate surface area is 135 Å². The largest absolute Gasteiger partial charge is 0.337 e. The van der Waals surface area contributed by atoms with Crippen molar-refractivity contribution < 1.29 is 0 Å². The van der Waals surface area contributed by atoms with E-state index in [4.69, 9.17) is 12.2 Å². The van der Waals surface area contributed by atoms with Crippen LogP contribution in [0.5, 0.6) is 0 Å². The summed E-state index contributed by atoms with van der Waals surface area (Å²) in [7, 11) is 0. The topological polar surface area (TPSA) is 20.7 Å². The SMILES string of the molecule is Cc1cc(Br)c(-n2c(C(C)(C)C)c[nH]c2=S)c(Br)c1. The van der Waals surface area contributed by atoms with Crippen LogP contribution in [0.1, 0.15) is 32.0 Å². The molecule has 0 fully saturated rings. The minimum Gasteiger partial charge on any atom is -0.337 e. The fourth-order valence-electron chi connectivity index (χ4n) is 2.05. The number of benzene rings is 1. The number of hydrogen-bond acceptors (Lipinski definition) is 1. The van der Waals surface area contributed by atoms with E-state index in [0.717, 1.165) is 20.3 Å². The molecule has 0 unspecified atom stereocenters. The molecular formula is C14H16Br2N2S. The molecule has 1 aromatic heterocycles. The lowest BCUT2D eigenvalue weighted by molar-refractivity contribution is 0.555. The van der Waals surface area contributed by atoms with E-state index in [2.05, 4.69) is 81.2 Å². The quantitative estimate of drug-likeness (QED) is 0.608. The molecule has 0 atom stereocenters. The van der Waals surface area contributed by atoms with Crippen molar-refractivity contribution in [2.75, 3.05) is 0 Å². The van der Waals surface area contributed by atoms with Crippen LogP contribution >= 0.6 is 44.1 Å². The van der Waals surface area contributed by atoms with Crippen molar-refractivity contribution in [1.82, 2.24) is 9.55 Å². The number of nitrogens with zero attached hydrogens (tertiary/aromatic N) is 1. The number of nitrogens with one attached hydrogen (secondary N) is 1. The number of hydrogen-bond donors (Lipinski definition) is 1. The van der Waals surface area contributed by atoms with Crippen LogP contribution in [0.2, 0.25) is 0 Å². The van der Waals surface area contributed by atoms with Crippen LogP contribution in [0.4, 0.5) is 0 Å². The molecule has 0 amide bonds. The van der Waals surface area contributed by atoms with Gasteiger partial charge in [-0.05, 0) is 68.7 Å². The third-order valence-electron chi connectivity index (χ3n) is 2.93. The second-order valence-electron chi connectivity index (χ2n) is 5.64. The zero-order chi connectivity index (χ0) is 14.4. The molecule has 0 saturated heterocycles. The third-order valence-corrected chi connectivity index (χ3v) is 4.44. The second-order valence-corrected chi connectivity index (χ2v) is 7.74. The number of halogens is 2. The molecular weight excluding hydrogens is 388 g/mol. The van der Waals surface area contributed by atoms with Crippen molar-refractivity contribution in [2.45, 2.75) is 33.1 Å². The Balaban J connectivity index is 2.81. The molecule has 0 saturated carbocycles. The molecule has 0 aliphatic rings. The first-order valence-electron chi connectivity index (χ1n) is 5.98. The second kappa shape index (κ2) is 5.19. The van der Waals surface area contributed by atoms with Gasteiger partial charge < -0.3 is 4.98 Å². The first-order valence-corrected chi connectivity index (χ1v) is 7.98. The van der Waals surface area contributed by atoms with E-state index in [1.165, 1.54) is 5.56 Å². The number of imidazole rings is 1. The van der Waals surface area contributed by atoms with E-state index in [0.29, 0.717) is 4.77 Å². The van der Waals surface area contributed by atoms with Crippen molar-refractivity contribution in [3.8, 4) is 5.69 Å². The summed E-state index contributed by atoms with van der Waals surface area (Å²) >= 11 is 12.7. The van der Waals surface area contributed by atoms with Crippen molar-refractivity contribution in [2.24, 2.45) is 0 Å². The highest BCUT2D eigenvalue weighted by atomic mass is 79.9. The fourth-order valence-corrected chi connectivity index (χ4v) is 4.07. The maximum absolute atomic E-state index is 5.44. The van der Waals surface area contributed by atoms with Crippen molar-refractivity contribution in [3.63, 3.8) is 0 Å². The molecule has 0 radical (unpaired) electrons. The van der Waals surface area contributed by atoms with Crippen molar-refractivity contribution in [1.29, 1.82) is 0 Å². The predicted octanol–water partition coefficient (Wildman–Crippen LogP) is 5.67. The molecule has 102 valence electrons. The Hall–Kier alpha value is -0.390. The summed E-state index contributed by atoms with van der Waals surface area (Å²) < 4.78 is 4.85. The summed E-state index contributed by atoms with van der Waals surface area (Å²) in [5, 5.41) is 0. The molecule has 2 aromatic rings. The van der Waals surface area contributed by atoms with E-state index in [1.807, 2.05) is 6.20 Å². The van der Waals surface area contributed by atoms with Crippen LogP contribution in [-0.4, -0.2) is 9.55 Å². The van der Waals surface area contributed by atoms with Crippen molar-refractivity contribution >= 4 is 44.1 Å². The maximum atomic E-state index is 5.44. The lowest BCUT2D eigenvalue weighted by atomic mass is 9.92.